The van der Waals surface area contributed by atoms with Crippen LogP contribution in [0, 0.1) is 0 Å². The molecule has 0 unspecified atom stereocenters. The predicted octanol–water partition coefficient (Wildman–Crippen LogP) is 1.34. The van der Waals surface area contributed by atoms with Gasteiger partial charge in [0.2, 0.25) is 5.75 Å². The lowest BCUT2D eigenvalue weighted by Crippen LogP contribution is -2.01. The molecule has 1 aliphatic heterocycles. The van der Waals surface area contributed by atoms with Crippen LogP contribution in [0.3, 0.4) is 0 Å². The fraction of sp³-hybridized carbons (Fsp3) is 0.167. The number of phenolic OH excluding ortho intramolecular Hbond substituents is 1. The van der Waals surface area contributed by atoms with Gasteiger partial charge in [0.1, 0.15) is 0 Å². The van der Waals surface area contributed by atoms with E-state index in [1.54, 1.807) is 18.2 Å². The van der Waals surface area contributed by atoms with Crippen molar-refractivity contribution >= 4 is 28.9 Å². The van der Waals surface area contributed by atoms with Gasteiger partial charge in [-0.1, -0.05) is 0 Å². The molecule has 0 saturated carbocycles. The van der Waals surface area contributed by atoms with E-state index in [9.17, 15) is 9.90 Å². The number of hydrogen-bond donors (Lipinski definition) is 2. The van der Waals surface area contributed by atoms with Gasteiger partial charge in [-0.3, -0.25) is 4.79 Å². The van der Waals surface area contributed by atoms with Crippen LogP contribution in [0.15, 0.2) is 22.0 Å². The van der Waals surface area contributed by atoms with Gasteiger partial charge in [-0.05, 0) is 35.5 Å². The molecule has 1 aliphatic rings. The van der Waals surface area contributed by atoms with Crippen molar-refractivity contribution in [3.63, 3.8) is 0 Å². The summed E-state index contributed by atoms with van der Waals surface area (Å²) in [7, 11) is 2.87. The Labute approximate surface area is 113 Å². The maximum absolute atomic E-state index is 11.5. The Bertz CT molecular complexity index is 570. The lowest BCUT2D eigenvalue weighted by molar-refractivity contribution is -0.113. The Morgan fingerprint density at radius 1 is 1.32 bits per heavy atom. The van der Waals surface area contributed by atoms with Crippen molar-refractivity contribution in [2.75, 3.05) is 14.2 Å². The van der Waals surface area contributed by atoms with E-state index in [4.69, 9.17) is 15.2 Å². The average molecular weight is 280 g/mol. The molecule has 19 heavy (non-hydrogen) atoms. The molecule has 0 radical (unpaired) electrons. The van der Waals surface area contributed by atoms with E-state index in [2.05, 4.69) is 4.99 Å². The summed E-state index contributed by atoms with van der Waals surface area (Å²) in [6.45, 7) is 0. The standard InChI is InChI=1S/C12H12N2O4S/c1-17-7-3-6(4-8(18-2)10(7)15)5-9-11(16)14-12(13)19-9/h3-5,15H,1-2H3,(H2,13,14,16)/b9-5-. The third kappa shape index (κ3) is 2.65. The Morgan fingerprint density at radius 3 is 2.32 bits per heavy atom. The number of rotatable bonds is 3. The van der Waals surface area contributed by atoms with Gasteiger partial charge in [0.25, 0.3) is 5.91 Å². The van der Waals surface area contributed by atoms with Crippen molar-refractivity contribution in [2.45, 2.75) is 0 Å². The van der Waals surface area contributed by atoms with Gasteiger partial charge in [0.15, 0.2) is 16.7 Å². The van der Waals surface area contributed by atoms with Gasteiger partial charge in [-0.25, -0.2) is 0 Å². The molecule has 1 aromatic carbocycles. The SMILES string of the molecule is COc1cc(/C=C2\SC(N)=NC2=O)cc(OC)c1O. The first-order valence-electron chi connectivity index (χ1n) is 5.28. The third-order valence-electron chi connectivity index (χ3n) is 2.44. The summed E-state index contributed by atoms with van der Waals surface area (Å²) in [5.41, 5.74) is 6.11. The van der Waals surface area contributed by atoms with E-state index in [1.807, 2.05) is 0 Å². The normalized spacial score (nSPS) is 16.6. The van der Waals surface area contributed by atoms with Gasteiger partial charge < -0.3 is 20.3 Å². The first-order chi connectivity index (χ1) is 9.05. The summed E-state index contributed by atoms with van der Waals surface area (Å²) in [6, 6.07) is 3.18. The van der Waals surface area contributed by atoms with E-state index in [0.29, 0.717) is 10.5 Å². The van der Waals surface area contributed by atoms with Crippen molar-refractivity contribution < 1.29 is 19.4 Å². The summed E-state index contributed by atoms with van der Waals surface area (Å²) in [6.07, 6.45) is 1.61. The molecule has 0 atom stereocenters. The number of nitrogens with two attached hydrogens (primary N) is 1. The molecule has 6 nitrogen and oxygen atoms in total. The molecule has 1 amide bonds. The molecular formula is C12H12N2O4S. The van der Waals surface area contributed by atoms with Crippen molar-refractivity contribution in [2.24, 2.45) is 10.7 Å². The lowest BCUT2D eigenvalue weighted by atomic mass is 10.1. The molecule has 0 aromatic heterocycles. The number of aromatic hydroxyl groups is 1. The van der Waals surface area contributed by atoms with Crippen molar-refractivity contribution in [3.05, 3.63) is 22.6 Å². The summed E-state index contributed by atoms with van der Waals surface area (Å²) < 4.78 is 10.1. The number of benzene rings is 1. The molecule has 0 spiro atoms. The van der Waals surface area contributed by atoms with E-state index in [-0.39, 0.29) is 28.3 Å². The number of methoxy groups -OCH3 is 2. The first-order valence-corrected chi connectivity index (χ1v) is 6.10. The lowest BCUT2D eigenvalue weighted by Gasteiger charge is -2.09. The minimum atomic E-state index is -0.381. The van der Waals surface area contributed by atoms with Crippen LogP contribution in [0.2, 0.25) is 0 Å². The molecule has 100 valence electrons. The summed E-state index contributed by atoms with van der Waals surface area (Å²) in [4.78, 5) is 15.5. The van der Waals surface area contributed by atoms with Crippen LogP contribution in [0.5, 0.6) is 17.2 Å². The highest BCUT2D eigenvalue weighted by Crippen LogP contribution is 2.38. The van der Waals surface area contributed by atoms with E-state index >= 15 is 0 Å². The minimum absolute atomic E-state index is 0.0895. The van der Waals surface area contributed by atoms with Crippen LogP contribution in [0.25, 0.3) is 6.08 Å². The van der Waals surface area contributed by atoms with E-state index in [1.165, 1.54) is 14.2 Å². The number of carbonyl (C=O) groups excluding carboxylic acids is 1. The molecule has 0 fully saturated rings. The number of aliphatic imine (C=N–C) groups is 1. The maximum atomic E-state index is 11.5. The van der Waals surface area contributed by atoms with Gasteiger partial charge in [-0.15, -0.1) is 0 Å². The van der Waals surface area contributed by atoms with Gasteiger partial charge in [-0.2, -0.15) is 4.99 Å². The zero-order valence-corrected chi connectivity index (χ0v) is 11.2. The Kier molecular flexibility index (Phi) is 3.66. The van der Waals surface area contributed by atoms with Crippen LogP contribution in [0.1, 0.15) is 5.56 Å². The number of amidine groups is 1. The molecule has 0 bridgehead atoms. The summed E-state index contributed by atoms with van der Waals surface area (Å²) in [5.74, 6) is 0.0490. The Hall–Kier alpha value is -2.15. The van der Waals surface area contributed by atoms with Gasteiger partial charge in [0.05, 0.1) is 19.1 Å². The Balaban J connectivity index is 2.41. The summed E-state index contributed by atoms with van der Waals surface area (Å²) in [5, 5.41) is 10.00. The number of hydrogen-bond acceptors (Lipinski definition) is 6. The molecule has 0 saturated heterocycles. The van der Waals surface area contributed by atoms with Crippen molar-refractivity contribution in [1.82, 2.24) is 0 Å². The highest BCUT2D eigenvalue weighted by molar-refractivity contribution is 8.18. The van der Waals surface area contributed by atoms with E-state index < -0.39 is 0 Å². The smallest absolute Gasteiger partial charge is 0.286 e. The molecular weight excluding hydrogens is 268 g/mol. The monoisotopic (exact) mass is 280 g/mol. The second kappa shape index (κ2) is 5.23. The zero-order chi connectivity index (χ0) is 14.0. The number of phenols is 1. The first kappa shape index (κ1) is 13.3. The number of carbonyl (C=O) groups is 1. The molecule has 2 rings (SSSR count). The van der Waals surface area contributed by atoms with Crippen LogP contribution < -0.4 is 15.2 Å². The van der Waals surface area contributed by atoms with Gasteiger partial charge >= 0.3 is 0 Å². The number of ether oxygens (including phenoxy) is 2. The van der Waals surface area contributed by atoms with E-state index in [0.717, 1.165) is 11.8 Å². The second-order valence-electron chi connectivity index (χ2n) is 3.64. The topological polar surface area (TPSA) is 94.1 Å². The minimum Gasteiger partial charge on any atom is -0.502 e. The highest BCUT2D eigenvalue weighted by atomic mass is 32.2. The van der Waals surface area contributed by atoms with Crippen LogP contribution in [0.4, 0.5) is 0 Å². The van der Waals surface area contributed by atoms with Crippen molar-refractivity contribution in [3.8, 4) is 17.2 Å². The molecule has 7 heteroatoms. The van der Waals surface area contributed by atoms with Crippen molar-refractivity contribution in [1.29, 1.82) is 0 Å². The van der Waals surface area contributed by atoms with Gasteiger partial charge in [0, 0.05) is 0 Å². The molecule has 1 aromatic rings. The molecule has 1 heterocycles. The summed E-state index contributed by atoms with van der Waals surface area (Å²) >= 11 is 1.09. The van der Waals surface area contributed by atoms with Crippen LogP contribution in [-0.4, -0.2) is 30.4 Å². The number of amides is 1. The second-order valence-corrected chi connectivity index (χ2v) is 4.70. The highest BCUT2D eigenvalue weighted by Gasteiger charge is 2.20. The number of nitrogens with zero attached hydrogens (tertiary/aromatic N) is 1. The van der Waals surface area contributed by atoms with Crippen LogP contribution in [-0.2, 0) is 4.79 Å². The third-order valence-corrected chi connectivity index (χ3v) is 3.25. The number of thioether (sulfide) groups is 1. The fourth-order valence-corrected chi connectivity index (χ4v) is 2.26. The maximum Gasteiger partial charge on any atom is 0.286 e. The zero-order valence-electron chi connectivity index (χ0n) is 10.3. The molecule has 0 aliphatic carbocycles. The predicted molar refractivity (Wildman–Crippen MR) is 73.4 cm³/mol. The largest absolute Gasteiger partial charge is 0.502 e. The molecule has 3 N–H and O–H groups in total. The van der Waals surface area contributed by atoms with Crippen LogP contribution >= 0.6 is 11.8 Å². The quantitative estimate of drug-likeness (QED) is 0.811. The fourth-order valence-electron chi connectivity index (χ4n) is 1.57. The Morgan fingerprint density at radius 2 is 1.89 bits per heavy atom. The average Bonchev–Trinajstić information content (AvgIpc) is 2.69.